The maximum absolute atomic E-state index is 9.31. The van der Waals surface area contributed by atoms with Crippen LogP contribution >= 0.6 is 0 Å². The summed E-state index contributed by atoms with van der Waals surface area (Å²) in [6.45, 7) is 7.51. The number of pyridine rings is 1. The highest BCUT2D eigenvalue weighted by Crippen LogP contribution is 2.30. The van der Waals surface area contributed by atoms with Crippen LogP contribution in [-0.2, 0) is 0 Å². The molecule has 4 rings (SSSR count). The van der Waals surface area contributed by atoms with Crippen LogP contribution in [0.5, 0.6) is 0 Å². The van der Waals surface area contributed by atoms with Crippen molar-refractivity contribution in [3.63, 3.8) is 0 Å². The first kappa shape index (κ1) is 12.4. The molecule has 1 aromatic rings. The molecule has 0 saturated carbocycles. The number of nitrogens with one attached hydrogen (secondary N) is 1. The molecule has 1 N–H and O–H groups in total. The molecule has 4 heterocycles. The summed E-state index contributed by atoms with van der Waals surface area (Å²) >= 11 is 0. The van der Waals surface area contributed by atoms with E-state index in [1.54, 1.807) is 0 Å². The second kappa shape index (κ2) is 4.82. The fourth-order valence-corrected chi connectivity index (χ4v) is 3.39. The van der Waals surface area contributed by atoms with Crippen molar-refractivity contribution in [2.45, 2.75) is 32.7 Å². The molecule has 19 heavy (non-hydrogen) atoms. The molecule has 3 saturated heterocycles. The summed E-state index contributed by atoms with van der Waals surface area (Å²) in [5, 5.41) is 12.8. The molecule has 1 aromatic heterocycles. The zero-order valence-electron chi connectivity index (χ0n) is 11.6. The van der Waals surface area contributed by atoms with Crippen LogP contribution in [-0.4, -0.2) is 35.6 Å². The van der Waals surface area contributed by atoms with Crippen LogP contribution < -0.4 is 5.32 Å². The van der Waals surface area contributed by atoms with Crippen molar-refractivity contribution in [1.82, 2.24) is 9.88 Å². The van der Waals surface area contributed by atoms with Gasteiger partial charge in [-0.1, -0.05) is 0 Å². The minimum Gasteiger partial charge on any atom is -0.365 e. The molecule has 3 aliphatic rings. The van der Waals surface area contributed by atoms with E-state index in [2.05, 4.69) is 21.3 Å². The number of hydrogen-bond acceptors (Lipinski definition) is 4. The van der Waals surface area contributed by atoms with Gasteiger partial charge >= 0.3 is 0 Å². The van der Waals surface area contributed by atoms with Crippen LogP contribution in [0.15, 0.2) is 6.07 Å². The Labute approximate surface area is 114 Å². The van der Waals surface area contributed by atoms with Gasteiger partial charge in [0.15, 0.2) is 0 Å². The van der Waals surface area contributed by atoms with Crippen molar-refractivity contribution < 1.29 is 0 Å². The molecule has 1 unspecified atom stereocenters. The number of rotatable bonds is 2. The van der Waals surface area contributed by atoms with Gasteiger partial charge in [-0.05, 0) is 57.3 Å². The Morgan fingerprint density at radius 2 is 2.11 bits per heavy atom. The number of piperidine rings is 3. The topological polar surface area (TPSA) is 52.0 Å². The van der Waals surface area contributed by atoms with Crippen LogP contribution in [0, 0.1) is 31.1 Å². The minimum absolute atomic E-state index is 0.448. The first-order valence-corrected chi connectivity index (χ1v) is 7.04. The smallest absolute Gasteiger partial charge is 0.144 e. The SMILES string of the molecule is Cc1cc(C)c(C#N)c(NC2CN3CCC2CC3)n1. The van der Waals surface area contributed by atoms with Crippen molar-refractivity contribution in [3.05, 3.63) is 22.9 Å². The van der Waals surface area contributed by atoms with E-state index in [9.17, 15) is 5.26 Å². The fraction of sp³-hybridized carbons (Fsp3) is 0.600. The Bertz CT molecular complexity index is 524. The molecule has 3 aliphatic heterocycles. The summed E-state index contributed by atoms with van der Waals surface area (Å²) in [5.74, 6) is 1.51. The van der Waals surface area contributed by atoms with Crippen molar-refractivity contribution in [2.24, 2.45) is 5.92 Å². The van der Waals surface area contributed by atoms with Crippen LogP contribution in [0.4, 0.5) is 5.82 Å². The van der Waals surface area contributed by atoms with Gasteiger partial charge in [0.2, 0.25) is 0 Å². The van der Waals surface area contributed by atoms with Crippen molar-refractivity contribution >= 4 is 5.82 Å². The average molecular weight is 256 g/mol. The van der Waals surface area contributed by atoms with E-state index in [0.717, 1.165) is 29.5 Å². The van der Waals surface area contributed by atoms with E-state index in [0.29, 0.717) is 11.6 Å². The number of aryl methyl sites for hydroxylation is 2. The highest BCUT2D eigenvalue weighted by molar-refractivity contribution is 5.57. The van der Waals surface area contributed by atoms with Crippen LogP contribution in [0.25, 0.3) is 0 Å². The lowest BCUT2D eigenvalue weighted by molar-refractivity contribution is 0.0973. The summed E-state index contributed by atoms with van der Waals surface area (Å²) in [6, 6.07) is 4.71. The molecule has 0 radical (unpaired) electrons. The van der Waals surface area contributed by atoms with E-state index in [1.165, 1.54) is 25.9 Å². The Morgan fingerprint density at radius 3 is 2.68 bits per heavy atom. The number of nitriles is 1. The zero-order chi connectivity index (χ0) is 13.4. The van der Waals surface area contributed by atoms with Gasteiger partial charge in [-0.15, -0.1) is 0 Å². The molecule has 4 heteroatoms. The van der Waals surface area contributed by atoms with Crippen LogP contribution in [0.2, 0.25) is 0 Å². The summed E-state index contributed by atoms with van der Waals surface area (Å²) in [6.07, 6.45) is 2.54. The van der Waals surface area contributed by atoms with E-state index < -0.39 is 0 Å². The first-order valence-electron chi connectivity index (χ1n) is 7.04. The van der Waals surface area contributed by atoms with Gasteiger partial charge in [-0.25, -0.2) is 4.98 Å². The maximum Gasteiger partial charge on any atom is 0.144 e. The molecule has 0 amide bonds. The van der Waals surface area contributed by atoms with Gasteiger partial charge in [-0.2, -0.15) is 5.26 Å². The Balaban J connectivity index is 1.85. The van der Waals surface area contributed by atoms with Gasteiger partial charge in [0.25, 0.3) is 0 Å². The largest absolute Gasteiger partial charge is 0.365 e. The van der Waals surface area contributed by atoms with E-state index in [4.69, 9.17) is 0 Å². The molecule has 2 bridgehead atoms. The molecule has 100 valence electrons. The predicted octanol–water partition coefficient (Wildman–Crippen LogP) is 2.08. The third-order valence-electron chi connectivity index (χ3n) is 4.43. The number of fused-ring (bicyclic) bond motifs is 3. The Kier molecular flexibility index (Phi) is 3.16. The van der Waals surface area contributed by atoms with Crippen molar-refractivity contribution in [2.75, 3.05) is 25.0 Å². The second-order valence-corrected chi connectivity index (χ2v) is 5.80. The molecule has 0 aliphatic carbocycles. The molecular weight excluding hydrogens is 236 g/mol. The van der Waals surface area contributed by atoms with Crippen molar-refractivity contribution in [3.8, 4) is 6.07 Å². The molecule has 4 nitrogen and oxygen atoms in total. The summed E-state index contributed by atoms with van der Waals surface area (Å²) in [7, 11) is 0. The average Bonchev–Trinajstić information content (AvgIpc) is 2.39. The Morgan fingerprint density at radius 1 is 1.37 bits per heavy atom. The third-order valence-corrected chi connectivity index (χ3v) is 4.43. The second-order valence-electron chi connectivity index (χ2n) is 5.80. The lowest BCUT2D eigenvalue weighted by atomic mass is 9.84. The Hall–Kier alpha value is -1.60. The lowest BCUT2D eigenvalue weighted by Crippen LogP contribution is -2.53. The lowest BCUT2D eigenvalue weighted by Gasteiger charge is -2.45. The zero-order valence-corrected chi connectivity index (χ0v) is 11.6. The fourth-order valence-electron chi connectivity index (χ4n) is 3.39. The maximum atomic E-state index is 9.31. The highest BCUT2D eigenvalue weighted by atomic mass is 15.2. The quantitative estimate of drug-likeness (QED) is 0.880. The summed E-state index contributed by atoms with van der Waals surface area (Å²) in [4.78, 5) is 7.04. The summed E-state index contributed by atoms with van der Waals surface area (Å²) in [5.41, 5.74) is 2.68. The van der Waals surface area contributed by atoms with E-state index >= 15 is 0 Å². The molecule has 0 aromatic carbocycles. The molecular formula is C15H20N4. The predicted molar refractivity (Wildman–Crippen MR) is 75.0 cm³/mol. The normalized spacial score (nSPS) is 29.0. The monoisotopic (exact) mass is 256 g/mol. The number of aromatic nitrogens is 1. The third kappa shape index (κ3) is 2.31. The summed E-state index contributed by atoms with van der Waals surface area (Å²) < 4.78 is 0. The van der Waals surface area contributed by atoms with Crippen molar-refractivity contribution in [1.29, 1.82) is 5.26 Å². The molecule has 0 spiro atoms. The van der Waals surface area contributed by atoms with Crippen LogP contribution in [0.1, 0.15) is 29.7 Å². The van der Waals surface area contributed by atoms with Gasteiger partial charge in [0.1, 0.15) is 11.9 Å². The number of hydrogen-bond donors (Lipinski definition) is 1. The molecule has 1 atom stereocenters. The number of anilines is 1. The van der Waals surface area contributed by atoms with Gasteiger partial charge in [0.05, 0.1) is 5.56 Å². The standard InChI is InChI=1S/C15H20N4/c1-10-7-11(2)17-15(13(10)8-16)18-14-9-19-5-3-12(14)4-6-19/h7,12,14H,3-6,9H2,1-2H3,(H,17,18). The van der Waals surface area contributed by atoms with Crippen LogP contribution in [0.3, 0.4) is 0 Å². The minimum atomic E-state index is 0.448. The first-order chi connectivity index (χ1) is 9.17. The van der Waals surface area contributed by atoms with Gasteiger partial charge in [0, 0.05) is 18.3 Å². The number of nitrogens with zero attached hydrogens (tertiary/aromatic N) is 3. The van der Waals surface area contributed by atoms with Gasteiger partial charge in [-0.3, -0.25) is 0 Å². The molecule has 3 fully saturated rings. The van der Waals surface area contributed by atoms with E-state index in [-0.39, 0.29) is 0 Å². The highest BCUT2D eigenvalue weighted by Gasteiger charge is 2.34. The van der Waals surface area contributed by atoms with E-state index in [1.807, 2.05) is 19.9 Å². The van der Waals surface area contributed by atoms with Gasteiger partial charge < -0.3 is 10.2 Å².